The molecule has 4 aromatic carbocycles. The van der Waals surface area contributed by atoms with Crippen LogP contribution in [0.15, 0.2) is 102 Å². The lowest BCUT2D eigenvalue weighted by Crippen LogP contribution is -2.53. The molecule has 1 saturated heterocycles. The molecular weight excluding hydrogens is 548 g/mol. The Bertz CT molecular complexity index is 1710. The van der Waals surface area contributed by atoms with Crippen molar-refractivity contribution in [2.24, 2.45) is 0 Å². The standard InChI is InChI=1S/C33H32N4O4S/c34-23-26-15-13-25(14-16-26)21-31(33(39)36-19-7-2-8-20-36)35-32(38)24-37(29-11-3-1-4-12-29)42(40,41)30-18-17-27-9-5-6-10-28(27)22-30/h1,3-6,9-18,22,31H,2,7-8,19-21,24H2,(H,35,38)/t31-/m0/s1. The number of hydrogen-bond donors (Lipinski definition) is 1. The van der Waals surface area contributed by atoms with Gasteiger partial charge in [0, 0.05) is 19.5 Å². The van der Waals surface area contributed by atoms with E-state index in [4.69, 9.17) is 5.26 Å². The van der Waals surface area contributed by atoms with Crippen LogP contribution in [0, 0.1) is 11.3 Å². The number of sulfonamides is 1. The molecular formula is C33H32N4O4S. The molecule has 0 aromatic heterocycles. The quantitative estimate of drug-likeness (QED) is 0.310. The van der Waals surface area contributed by atoms with E-state index >= 15 is 0 Å². The fourth-order valence-corrected chi connectivity index (χ4v) is 6.68. The number of carbonyl (C=O) groups is 2. The second kappa shape index (κ2) is 12.9. The molecule has 1 fully saturated rings. The number of piperidine rings is 1. The van der Waals surface area contributed by atoms with Crippen molar-refractivity contribution in [3.05, 3.63) is 108 Å². The average Bonchev–Trinajstić information content (AvgIpc) is 3.03. The summed E-state index contributed by atoms with van der Waals surface area (Å²) >= 11 is 0. The van der Waals surface area contributed by atoms with Crippen LogP contribution >= 0.6 is 0 Å². The second-order valence-corrected chi connectivity index (χ2v) is 12.2. The Morgan fingerprint density at radius 3 is 2.21 bits per heavy atom. The fraction of sp³-hybridized carbons (Fsp3) is 0.242. The van der Waals surface area contributed by atoms with Crippen molar-refractivity contribution >= 4 is 38.3 Å². The topological polar surface area (TPSA) is 111 Å². The van der Waals surface area contributed by atoms with Gasteiger partial charge in [-0.3, -0.25) is 13.9 Å². The molecule has 1 N–H and O–H groups in total. The van der Waals surface area contributed by atoms with Crippen LogP contribution in [0.3, 0.4) is 0 Å². The van der Waals surface area contributed by atoms with E-state index in [0.29, 0.717) is 24.3 Å². The summed E-state index contributed by atoms with van der Waals surface area (Å²) in [6.07, 6.45) is 3.06. The summed E-state index contributed by atoms with van der Waals surface area (Å²) in [5.74, 6) is -0.789. The largest absolute Gasteiger partial charge is 0.342 e. The van der Waals surface area contributed by atoms with Crippen LogP contribution in [0.2, 0.25) is 0 Å². The summed E-state index contributed by atoms with van der Waals surface area (Å²) in [5, 5.41) is 13.7. The van der Waals surface area contributed by atoms with E-state index in [2.05, 4.69) is 11.4 Å². The van der Waals surface area contributed by atoms with E-state index in [9.17, 15) is 18.0 Å². The van der Waals surface area contributed by atoms with Crippen LogP contribution in [0.25, 0.3) is 10.8 Å². The van der Waals surface area contributed by atoms with Gasteiger partial charge in [-0.2, -0.15) is 5.26 Å². The van der Waals surface area contributed by atoms with Gasteiger partial charge in [0.1, 0.15) is 12.6 Å². The molecule has 8 nitrogen and oxygen atoms in total. The number of carbonyl (C=O) groups excluding carboxylic acids is 2. The summed E-state index contributed by atoms with van der Waals surface area (Å²) in [7, 11) is -4.14. The molecule has 1 atom stereocenters. The molecule has 0 spiro atoms. The van der Waals surface area contributed by atoms with Gasteiger partial charge in [-0.1, -0.05) is 60.7 Å². The third-order valence-corrected chi connectivity index (χ3v) is 9.23. The van der Waals surface area contributed by atoms with Gasteiger partial charge in [0.05, 0.1) is 22.2 Å². The van der Waals surface area contributed by atoms with E-state index in [1.54, 1.807) is 77.7 Å². The highest BCUT2D eigenvalue weighted by atomic mass is 32.2. The number of rotatable bonds is 9. The number of nitrogens with one attached hydrogen (secondary N) is 1. The first-order chi connectivity index (χ1) is 20.3. The zero-order valence-electron chi connectivity index (χ0n) is 23.1. The number of fused-ring (bicyclic) bond motifs is 1. The molecule has 1 aliphatic rings. The number of benzene rings is 4. The maximum atomic E-state index is 14.0. The van der Waals surface area contributed by atoms with E-state index in [1.165, 1.54) is 0 Å². The van der Waals surface area contributed by atoms with Gasteiger partial charge in [0.25, 0.3) is 10.0 Å². The van der Waals surface area contributed by atoms with Crippen molar-refractivity contribution in [2.45, 2.75) is 36.6 Å². The van der Waals surface area contributed by atoms with Gasteiger partial charge in [-0.15, -0.1) is 0 Å². The number of para-hydroxylation sites is 1. The van der Waals surface area contributed by atoms with E-state index in [-0.39, 0.29) is 17.2 Å². The third-order valence-electron chi connectivity index (χ3n) is 7.46. The summed E-state index contributed by atoms with van der Waals surface area (Å²) in [5.41, 5.74) is 1.62. The third kappa shape index (κ3) is 6.61. The van der Waals surface area contributed by atoms with Crippen molar-refractivity contribution in [1.82, 2.24) is 10.2 Å². The highest BCUT2D eigenvalue weighted by Gasteiger charge is 2.31. The number of anilines is 1. The first-order valence-corrected chi connectivity index (χ1v) is 15.4. The average molecular weight is 581 g/mol. The number of nitriles is 1. The molecule has 4 aromatic rings. The second-order valence-electron chi connectivity index (χ2n) is 10.4. The van der Waals surface area contributed by atoms with Crippen molar-refractivity contribution in [1.29, 1.82) is 5.26 Å². The summed E-state index contributed by atoms with van der Waals surface area (Å²) in [6, 6.07) is 28.9. The SMILES string of the molecule is N#Cc1ccc(C[C@H](NC(=O)CN(c2ccccc2)S(=O)(=O)c2ccc3ccccc3c2)C(=O)N2CCCCC2)cc1. The maximum absolute atomic E-state index is 14.0. The number of amides is 2. The van der Waals surface area contributed by atoms with Crippen LogP contribution in [0.1, 0.15) is 30.4 Å². The minimum absolute atomic E-state index is 0.0661. The van der Waals surface area contributed by atoms with Gasteiger partial charge in [-0.05, 0) is 72.0 Å². The Morgan fingerprint density at radius 2 is 1.52 bits per heavy atom. The first-order valence-electron chi connectivity index (χ1n) is 14.0. The number of likely N-dealkylation sites (tertiary alicyclic amines) is 1. The Morgan fingerprint density at radius 1 is 0.857 bits per heavy atom. The molecule has 9 heteroatoms. The summed E-state index contributed by atoms with van der Waals surface area (Å²) < 4.78 is 29.0. The van der Waals surface area contributed by atoms with E-state index < -0.39 is 28.5 Å². The highest BCUT2D eigenvalue weighted by molar-refractivity contribution is 7.92. The predicted molar refractivity (Wildman–Crippen MR) is 162 cm³/mol. The van der Waals surface area contributed by atoms with E-state index in [1.807, 2.05) is 24.3 Å². The molecule has 0 bridgehead atoms. The zero-order chi connectivity index (χ0) is 29.5. The molecule has 42 heavy (non-hydrogen) atoms. The number of nitrogens with zero attached hydrogens (tertiary/aromatic N) is 3. The Balaban J connectivity index is 1.42. The maximum Gasteiger partial charge on any atom is 0.264 e. The highest BCUT2D eigenvalue weighted by Crippen LogP contribution is 2.26. The van der Waals surface area contributed by atoms with E-state index in [0.717, 1.165) is 39.9 Å². The fourth-order valence-electron chi connectivity index (χ4n) is 5.22. The van der Waals surface area contributed by atoms with Crippen LogP contribution < -0.4 is 9.62 Å². The molecule has 0 aliphatic carbocycles. The van der Waals surface area contributed by atoms with Crippen molar-refractivity contribution < 1.29 is 18.0 Å². The van der Waals surface area contributed by atoms with Crippen LogP contribution in [0.5, 0.6) is 0 Å². The Hall–Kier alpha value is -4.68. The summed E-state index contributed by atoms with van der Waals surface area (Å²) in [4.78, 5) is 29.0. The molecule has 0 radical (unpaired) electrons. The van der Waals surface area contributed by atoms with Crippen molar-refractivity contribution in [3.8, 4) is 6.07 Å². The molecule has 1 aliphatic heterocycles. The smallest absolute Gasteiger partial charge is 0.264 e. The van der Waals surface area contributed by atoms with Crippen LogP contribution in [-0.2, 0) is 26.0 Å². The predicted octanol–water partition coefficient (Wildman–Crippen LogP) is 4.65. The first kappa shape index (κ1) is 28.8. The van der Waals surface area contributed by atoms with Gasteiger partial charge in [-0.25, -0.2) is 8.42 Å². The van der Waals surface area contributed by atoms with Crippen LogP contribution in [0.4, 0.5) is 5.69 Å². The minimum atomic E-state index is -4.14. The minimum Gasteiger partial charge on any atom is -0.342 e. The monoisotopic (exact) mass is 580 g/mol. The van der Waals surface area contributed by atoms with Gasteiger partial charge in [0.15, 0.2) is 0 Å². The molecule has 0 saturated carbocycles. The van der Waals surface area contributed by atoms with Gasteiger partial charge >= 0.3 is 0 Å². The van der Waals surface area contributed by atoms with Crippen molar-refractivity contribution in [2.75, 3.05) is 23.9 Å². The lowest BCUT2D eigenvalue weighted by Gasteiger charge is -2.31. The Labute approximate surface area is 246 Å². The number of hydrogen-bond acceptors (Lipinski definition) is 5. The van der Waals surface area contributed by atoms with Gasteiger partial charge in [0.2, 0.25) is 11.8 Å². The van der Waals surface area contributed by atoms with Crippen molar-refractivity contribution in [3.63, 3.8) is 0 Å². The zero-order valence-corrected chi connectivity index (χ0v) is 24.0. The normalized spacial score (nSPS) is 14.1. The van der Waals surface area contributed by atoms with Crippen LogP contribution in [-0.4, -0.2) is 50.8 Å². The molecule has 5 rings (SSSR count). The molecule has 2 amide bonds. The lowest BCUT2D eigenvalue weighted by atomic mass is 10.0. The van der Waals surface area contributed by atoms with Gasteiger partial charge < -0.3 is 10.2 Å². The molecule has 214 valence electrons. The summed E-state index contributed by atoms with van der Waals surface area (Å²) in [6.45, 7) is 0.729. The lowest BCUT2D eigenvalue weighted by molar-refractivity contribution is -0.136. The molecule has 1 heterocycles. The molecule has 0 unspecified atom stereocenters. The Kier molecular flexibility index (Phi) is 8.84.